The lowest BCUT2D eigenvalue weighted by Crippen LogP contribution is -2.23. The van der Waals surface area contributed by atoms with Crippen LogP contribution in [0, 0.1) is 11.3 Å². The van der Waals surface area contributed by atoms with Crippen LogP contribution in [-0.4, -0.2) is 31.7 Å². The van der Waals surface area contributed by atoms with E-state index in [9.17, 15) is 9.59 Å². The predicted octanol–water partition coefficient (Wildman–Crippen LogP) is 1.08. The number of hydrogen-bond donors (Lipinski definition) is 1. The van der Waals surface area contributed by atoms with Gasteiger partial charge < -0.3 is 14.8 Å². The Bertz CT molecular complexity index is 494. The molecule has 1 N–H and O–H groups in total. The monoisotopic (exact) mass is 262 g/mol. The molecule has 0 bridgehead atoms. The standard InChI is InChI=1S/C13H14N2O4/c1-2-18-9-13(17)19-8-12(16)15-11-6-4-3-5-10(11)7-14/h3-6H,2,8-9H2,1H3,(H,15,16). The van der Waals surface area contributed by atoms with E-state index in [1.807, 2.05) is 6.07 Å². The first kappa shape index (κ1) is 14.7. The largest absolute Gasteiger partial charge is 0.454 e. The number of carbonyl (C=O) groups is 2. The van der Waals surface area contributed by atoms with E-state index in [0.29, 0.717) is 17.9 Å². The highest BCUT2D eigenvalue weighted by atomic mass is 16.6. The third-order valence-corrected chi connectivity index (χ3v) is 2.11. The van der Waals surface area contributed by atoms with E-state index >= 15 is 0 Å². The Balaban J connectivity index is 2.43. The van der Waals surface area contributed by atoms with Crippen molar-refractivity contribution in [3.05, 3.63) is 29.8 Å². The SMILES string of the molecule is CCOCC(=O)OCC(=O)Nc1ccccc1C#N. The molecule has 0 saturated heterocycles. The Labute approximate surface area is 110 Å². The van der Waals surface area contributed by atoms with E-state index in [4.69, 9.17) is 14.7 Å². The highest BCUT2D eigenvalue weighted by molar-refractivity contribution is 5.94. The molecule has 0 aromatic heterocycles. The van der Waals surface area contributed by atoms with Gasteiger partial charge in [-0.3, -0.25) is 4.79 Å². The maximum absolute atomic E-state index is 11.5. The third kappa shape index (κ3) is 5.19. The molecule has 19 heavy (non-hydrogen) atoms. The number of ether oxygens (including phenoxy) is 2. The fourth-order valence-corrected chi connectivity index (χ4v) is 1.25. The Kier molecular flexibility index (Phi) is 6.06. The summed E-state index contributed by atoms with van der Waals surface area (Å²) in [7, 11) is 0. The summed E-state index contributed by atoms with van der Waals surface area (Å²) < 4.78 is 9.53. The normalized spacial score (nSPS) is 9.47. The van der Waals surface area contributed by atoms with Gasteiger partial charge in [-0.25, -0.2) is 4.79 Å². The van der Waals surface area contributed by atoms with Crippen molar-refractivity contribution in [1.29, 1.82) is 5.26 Å². The average molecular weight is 262 g/mol. The smallest absolute Gasteiger partial charge is 0.332 e. The second kappa shape index (κ2) is 7.84. The first-order valence-corrected chi connectivity index (χ1v) is 5.69. The van der Waals surface area contributed by atoms with E-state index < -0.39 is 18.5 Å². The molecular weight excluding hydrogens is 248 g/mol. The zero-order valence-corrected chi connectivity index (χ0v) is 10.5. The van der Waals surface area contributed by atoms with Crippen molar-refractivity contribution in [3.63, 3.8) is 0 Å². The van der Waals surface area contributed by atoms with Crippen molar-refractivity contribution in [2.75, 3.05) is 25.1 Å². The topological polar surface area (TPSA) is 88.4 Å². The fraction of sp³-hybridized carbons (Fsp3) is 0.308. The lowest BCUT2D eigenvalue weighted by atomic mass is 10.2. The van der Waals surface area contributed by atoms with Crippen LogP contribution in [0.2, 0.25) is 0 Å². The van der Waals surface area contributed by atoms with Crippen LogP contribution >= 0.6 is 0 Å². The fourth-order valence-electron chi connectivity index (χ4n) is 1.25. The minimum atomic E-state index is -0.606. The molecule has 0 aliphatic rings. The number of nitrogens with one attached hydrogen (secondary N) is 1. The highest BCUT2D eigenvalue weighted by Crippen LogP contribution is 2.13. The minimum absolute atomic E-state index is 0.182. The van der Waals surface area contributed by atoms with Gasteiger partial charge in [0.2, 0.25) is 0 Å². The van der Waals surface area contributed by atoms with Crippen LogP contribution in [-0.2, 0) is 19.1 Å². The number of nitriles is 1. The number of hydrogen-bond acceptors (Lipinski definition) is 5. The second-order valence-electron chi connectivity index (χ2n) is 3.50. The van der Waals surface area contributed by atoms with Gasteiger partial charge in [-0.15, -0.1) is 0 Å². The molecule has 6 nitrogen and oxygen atoms in total. The summed E-state index contributed by atoms with van der Waals surface area (Å²) in [6.07, 6.45) is 0. The molecule has 0 unspecified atom stereocenters. The molecular formula is C13H14N2O4. The first-order chi connectivity index (χ1) is 9.17. The maximum Gasteiger partial charge on any atom is 0.332 e. The molecule has 0 aliphatic heterocycles. The highest BCUT2D eigenvalue weighted by Gasteiger charge is 2.09. The molecule has 0 saturated carbocycles. The number of esters is 1. The molecule has 6 heteroatoms. The van der Waals surface area contributed by atoms with Crippen LogP contribution in [0.15, 0.2) is 24.3 Å². The number of benzene rings is 1. The molecule has 0 fully saturated rings. The van der Waals surface area contributed by atoms with Crippen molar-refractivity contribution in [2.24, 2.45) is 0 Å². The number of amides is 1. The zero-order chi connectivity index (χ0) is 14.1. The van der Waals surface area contributed by atoms with Gasteiger partial charge in [0, 0.05) is 6.61 Å². The molecule has 0 atom stereocenters. The molecule has 100 valence electrons. The summed E-state index contributed by atoms with van der Waals surface area (Å²) in [5.74, 6) is -1.11. The predicted molar refractivity (Wildman–Crippen MR) is 67.2 cm³/mol. The number of rotatable bonds is 6. The number of carbonyl (C=O) groups excluding carboxylic acids is 2. The molecule has 0 aliphatic carbocycles. The summed E-state index contributed by atoms with van der Waals surface area (Å²) in [4.78, 5) is 22.6. The molecule has 1 aromatic rings. The summed E-state index contributed by atoms with van der Waals surface area (Å²) in [6.45, 7) is 1.56. The average Bonchev–Trinajstić information content (AvgIpc) is 2.43. The van der Waals surface area contributed by atoms with Crippen LogP contribution < -0.4 is 5.32 Å². The van der Waals surface area contributed by atoms with E-state index in [0.717, 1.165) is 0 Å². The molecule has 0 radical (unpaired) electrons. The summed E-state index contributed by atoms with van der Waals surface area (Å²) >= 11 is 0. The zero-order valence-electron chi connectivity index (χ0n) is 10.5. The lowest BCUT2D eigenvalue weighted by molar-refractivity contribution is -0.151. The van der Waals surface area contributed by atoms with E-state index in [2.05, 4.69) is 5.32 Å². The molecule has 1 aromatic carbocycles. The van der Waals surface area contributed by atoms with Crippen LogP contribution in [0.1, 0.15) is 12.5 Å². The van der Waals surface area contributed by atoms with Gasteiger partial charge in [0.15, 0.2) is 6.61 Å². The molecule has 1 rings (SSSR count). The van der Waals surface area contributed by atoms with E-state index in [1.165, 1.54) is 0 Å². The number of anilines is 1. The van der Waals surface area contributed by atoms with E-state index in [1.54, 1.807) is 31.2 Å². The van der Waals surface area contributed by atoms with E-state index in [-0.39, 0.29) is 6.61 Å². The summed E-state index contributed by atoms with van der Waals surface area (Å²) in [6, 6.07) is 8.51. The maximum atomic E-state index is 11.5. The van der Waals surface area contributed by atoms with Crippen molar-refractivity contribution in [1.82, 2.24) is 0 Å². The summed E-state index contributed by atoms with van der Waals surface area (Å²) in [5, 5.41) is 11.3. The van der Waals surface area contributed by atoms with Crippen molar-refractivity contribution < 1.29 is 19.1 Å². The quantitative estimate of drug-likeness (QED) is 0.775. The Morgan fingerprint density at radius 1 is 1.32 bits per heavy atom. The second-order valence-corrected chi connectivity index (χ2v) is 3.50. The van der Waals surface area contributed by atoms with Gasteiger partial charge in [-0.05, 0) is 19.1 Å². The third-order valence-electron chi connectivity index (χ3n) is 2.11. The lowest BCUT2D eigenvalue weighted by Gasteiger charge is -2.07. The van der Waals surface area contributed by atoms with Crippen LogP contribution in [0.25, 0.3) is 0 Å². The van der Waals surface area contributed by atoms with Crippen LogP contribution in [0.5, 0.6) is 0 Å². The van der Waals surface area contributed by atoms with Gasteiger partial charge >= 0.3 is 5.97 Å². The van der Waals surface area contributed by atoms with Crippen molar-refractivity contribution in [2.45, 2.75) is 6.92 Å². The van der Waals surface area contributed by atoms with Gasteiger partial charge in [-0.1, -0.05) is 12.1 Å². The molecule has 1 amide bonds. The van der Waals surface area contributed by atoms with Gasteiger partial charge in [0.25, 0.3) is 5.91 Å². The number of nitrogens with zero attached hydrogens (tertiary/aromatic N) is 1. The first-order valence-electron chi connectivity index (χ1n) is 5.69. The molecule has 0 heterocycles. The van der Waals surface area contributed by atoms with Gasteiger partial charge in [-0.2, -0.15) is 5.26 Å². The Morgan fingerprint density at radius 3 is 2.74 bits per heavy atom. The van der Waals surface area contributed by atoms with Crippen molar-refractivity contribution >= 4 is 17.6 Å². The number of para-hydroxylation sites is 1. The summed E-state index contributed by atoms with van der Waals surface area (Å²) in [5.41, 5.74) is 0.729. The Hall–Kier alpha value is -2.39. The van der Waals surface area contributed by atoms with Gasteiger partial charge in [0.05, 0.1) is 11.3 Å². The minimum Gasteiger partial charge on any atom is -0.454 e. The van der Waals surface area contributed by atoms with Crippen LogP contribution in [0.4, 0.5) is 5.69 Å². The van der Waals surface area contributed by atoms with Crippen LogP contribution in [0.3, 0.4) is 0 Å². The van der Waals surface area contributed by atoms with Gasteiger partial charge in [0.1, 0.15) is 12.7 Å². The Morgan fingerprint density at radius 2 is 2.05 bits per heavy atom. The van der Waals surface area contributed by atoms with Crippen molar-refractivity contribution in [3.8, 4) is 6.07 Å². The molecule has 0 spiro atoms.